The summed E-state index contributed by atoms with van der Waals surface area (Å²) < 4.78 is 19.2. The Morgan fingerprint density at radius 3 is 2.50 bits per heavy atom. The van der Waals surface area contributed by atoms with Gasteiger partial charge in [0.15, 0.2) is 0 Å². The standard InChI is InChI=1S/C15H21FN2OS/c1-9-6-12(4-5-13(9)16)14(15(17)20)18-7-10(2)19-11(3)8-18/h4-6,10-11,14H,7-8H2,1-3H3,(H2,17,20). The minimum Gasteiger partial charge on any atom is -0.392 e. The first kappa shape index (κ1) is 15.4. The molecule has 2 N–H and O–H groups in total. The first-order chi connectivity index (χ1) is 9.38. The van der Waals surface area contributed by atoms with Crippen LogP contribution in [0.15, 0.2) is 18.2 Å². The van der Waals surface area contributed by atoms with Crippen molar-refractivity contribution in [3.8, 4) is 0 Å². The Balaban J connectivity index is 2.30. The first-order valence-electron chi connectivity index (χ1n) is 6.83. The van der Waals surface area contributed by atoms with Crippen LogP contribution < -0.4 is 5.73 Å². The van der Waals surface area contributed by atoms with Gasteiger partial charge in [-0.3, -0.25) is 4.90 Å². The van der Waals surface area contributed by atoms with E-state index in [-0.39, 0.29) is 24.1 Å². The van der Waals surface area contributed by atoms with Crippen molar-refractivity contribution in [1.29, 1.82) is 0 Å². The second-order valence-corrected chi connectivity index (χ2v) is 6.00. The zero-order chi connectivity index (χ0) is 14.9. The number of nitrogens with zero attached hydrogens (tertiary/aromatic N) is 1. The summed E-state index contributed by atoms with van der Waals surface area (Å²) in [5, 5.41) is 0. The van der Waals surface area contributed by atoms with Crippen LogP contribution in [0.25, 0.3) is 0 Å². The molecule has 3 nitrogen and oxygen atoms in total. The second-order valence-electron chi connectivity index (χ2n) is 5.52. The summed E-state index contributed by atoms with van der Waals surface area (Å²) in [6.07, 6.45) is 0.272. The van der Waals surface area contributed by atoms with Crippen molar-refractivity contribution in [1.82, 2.24) is 4.90 Å². The van der Waals surface area contributed by atoms with Crippen molar-refractivity contribution in [3.63, 3.8) is 0 Å². The molecule has 0 amide bonds. The minimum absolute atomic E-state index is 0.136. The van der Waals surface area contributed by atoms with Gasteiger partial charge in [-0.15, -0.1) is 0 Å². The number of halogens is 1. The minimum atomic E-state index is -0.209. The van der Waals surface area contributed by atoms with Crippen molar-refractivity contribution >= 4 is 17.2 Å². The summed E-state index contributed by atoms with van der Waals surface area (Å²) in [5.41, 5.74) is 7.49. The molecule has 1 heterocycles. The molecule has 2 rings (SSSR count). The highest BCUT2D eigenvalue weighted by Gasteiger charge is 2.30. The molecule has 0 bridgehead atoms. The van der Waals surface area contributed by atoms with Gasteiger partial charge in [0.05, 0.1) is 23.2 Å². The van der Waals surface area contributed by atoms with Crippen LogP contribution in [0.1, 0.15) is 31.0 Å². The van der Waals surface area contributed by atoms with Gasteiger partial charge in [-0.2, -0.15) is 0 Å². The molecular formula is C15H21FN2OS. The molecule has 1 aromatic carbocycles. The number of rotatable bonds is 3. The average Bonchev–Trinajstić information content (AvgIpc) is 2.32. The summed E-state index contributed by atoms with van der Waals surface area (Å²) in [6.45, 7) is 7.36. The van der Waals surface area contributed by atoms with E-state index in [1.165, 1.54) is 6.07 Å². The Kier molecular flexibility index (Phi) is 4.73. The van der Waals surface area contributed by atoms with E-state index in [2.05, 4.69) is 4.90 Å². The Labute approximate surface area is 124 Å². The lowest BCUT2D eigenvalue weighted by Crippen LogP contribution is -2.49. The molecule has 1 aliphatic rings. The number of aryl methyl sites for hydroxylation is 1. The zero-order valence-corrected chi connectivity index (χ0v) is 12.9. The van der Waals surface area contributed by atoms with Crippen LogP contribution in [0, 0.1) is 12.7 Å². The van der Waals surface area contributed by atoms with Crippen molar-refractivity contribution in [2.75, 3.05) is 13.1 Å². The maximum Gasteiger partial charge on any atom is 0.126 e. The van der Waals surface area contributed by atoms with Crippen LogP contribution >= 0.6 is 12.2 Å². The number of thiocarbonyl (C=S) groups is 1. The molecule has 3 unspecified atom stereocenters. The highest BCUT2D eigenvalue weighted by atomic mass is 32.1. The monoisotopic (exact) mass is 296 g/mol. The van der Waals surface area contributed by atoms with E-state index in [1.807, 2.05) is 19.9 Å². The van der Waals surface area contributed by atoms with Gasteiger partial charge in [0.25, 0.3) is 0 Å². The number of nitrogens with two attached hydrogens (primary N) is 1. The normalized spacial score (nSPS) is 25.4. The lowest BCUT2D eigenvalue weighted by Gasteiger charge is -2.40. The summed E-state index contributed by atoms with van der Waals surface area (Å²) >= 11 is 5.23. The fourth-order valence-corrected chi connectivity index (χ4v) is 3.11. The molecule has 5 heteroatoms. The van der Waals surface area contributed by atoms with Crippen molar-refractivity contribution in [2.24, 2.45) is 5.73 Å². The van der Waals surface area contributed by atoms with E-state index in [0.717, 1.165) is 18.7 Å². The summed E-state index contributed by atoms with van der Waals surface area (Å²) in [4.78, 5) is 2.63. The van der Waals surface area contributed by atoms with Crippen LogP contribution in [0.5, 0.6) is 0 Å². The van der Waals surface area contributed by atoms with E-state index in [1.54, 1.807) is 13.0 Å². The summed E-state index contributed by atoms with van der Waals surface area (Å²) in [5.74, 6) is -0.209. The van der Waals surface area contributed by atoms with E-state index < -0.39 is 0 Å². The van der Waals surface area contributed by atoms with Crippen LogP contribution in [-0.4, -0.2) is 35.2 Å². The Hall–Kier alpha value is -1.04. The van der Waals surface area contributed by atoms with Crippen molar-refractivity contribution < 1.29 is 9.13 Å². The largest absolute Gasteiger partial charge is 0.392 e. The van der Waals surface area contributed by atoms with Crippen LogP contribution in [0.4, 0.5) is 4.39 Å². The summed E-state index contributed by atoms with van der Waals surface area (Å²) in [6, 6.07) is 4.89. The fraction of sp³-hybridized carbons (Fsp3) is 0.533. The van der Waals surface area contributed by atoms with Gasteiger partial charge < -0.3 is 10.5 Å². The molecule has 1 aromatic rings. The van der Waals surface area contributed by atoms with Crippen LogP contribution in [0.3, 0.4) is 0 Å². The van der Waals surface area contributed by atoms with Crippen molar-refractivity contribution in [3.05, 3.63) is 35.1 Å². The molecule has 1 fully saturated rings. The van der Waals surface area contributed by atoms with Gasteiger partial charge in [-0.25, -0.2) is 4.39 Å². The van der Waals surface area contributed by atoms with E-state index in [4.69, 9.17) is 22.7 Å². The average molecular weight is 296 g/mol. The smallest absolute Gasteiger partial charge is 0.126 e. The van der Waals surface area contributed by atoms with Crippen molar-refractivity contribution in [2.45, 2.75) is 39.0 Å². The lowest BCUT2D eigenvalue weighted by atomic mass is 10.0. The fourth-order valence-electron chi connectivity index (χ4n) is 2.82. The van der Waals surface area contributed by atoms with Crippen LogP contribution in [0.2, 0.25) is 0 Å². The molecule has 110 valence electrons. The van der Waals surface area contributed by atoms with Gasteiger partial charge in [-0.05, 0) is 38.0 Å². The van der Waals surface area contributed by atoms with Crippen LogP contribution in [-0.2, 0) is 4.74 Å². The predicted molar refractivity (Wildman–Crippen MR) is 82.2 cm³/mol. The highest BCUT2D eigenvalue weighted by molar-refractivity contribution is 7.80. The van der Waals surface area contributed by atoms with Gasteiger partial charge in [-0.1, -0.05) is 24.4 Å². The quantitative estimate of drug-likeness (QED) is 0.870. The molecule has 0 radical (unpaired) electrons. The Bertz CT molecular complexity index is 499. The third-order valence-electron chi connectivity index (χ3n) is 3.58. The molecule has 0 spiro atoms. The zero-order valence-electron chi connectivity index (χ0n) is 12.1. The number of morpholine rings is 1. The molecule has 0 aromatic heterocycles. The van der Waals surface area contributed by atoms with E-state index >= 15 is 0 Å². The molecule has 20 heavy (non-hydrogen) atoms. The molecule has 1 saturated heterocycles. The second kappa shape index (κ2) is 6.16. The number of benzene rings is 1. The number of ether oxygens (including phenoxy) is 1. The highest BCUT2D eigenvalue weighted by Crippen LogP contribution is 2.26. The maximum atomic E-state index is 13.4. The molecule has 0 aliphatic carbocycles. The summed E-state index contributed by atoms with van der Waals surface area (Å²) in [7, 11) is 0. The molecule has 3 atom stereocenters. The third-order valence-corrected chi connectivity index (χ3v) is 3.80. The maximum absolute atomic E-state index is 13.4. The Morgan fingerprint density at radius 1 is 1.40 bits per heavy atom. The van der Waals surface area contributed by atoms with Gasteiger partial charge >= 0.3 is 0 Å². The topological polar surface area (TPSA) is 38.5 Å². The number of hydrogen-bond donors (Lipinski definition) is 1. The molecular weight excluding hydrogens is 275 g/mol. The van der Waals surface area contributed by atoms with Gasteiger partial charge in [0.1, 0.15) is 5.82 Å². The number of hydrogen-bond acceptors (Lipinski definition) is 3. The van der Waals surface area contributed by atoms with Gasteiger partial charge in [0, 0.05) is 13.1 Å². The molecule has 1 aliphatic heterocycles. The SMILES string of the molecule is Cc1cc(C(C(N)=S)N2CC(C)OC(C)C2)ccc1F. The van der Waals surface area contributed by atoms with E-state index in [9.17, 15) is 4.39 Å². The predicted octanol–water partition coefficient (Wildman–Crippen LogP) is 2.57. The lowest BCUT2D eigenvalue weighted by molar-refractivity contribution is -0.0736. The first-order valence-corrected chi connectivity index (χ1v) is 7.24. The van der Waals surface area contributed by atoms with Gasteiger partial charge in [0.2, 0.25) is 0 Å². The van der Waals surface area contributed by atoms with E-state index in [0.29, 0.717) is 10.6 Å². The Morgan fingerprint density at radius 2 is 2.00 bits per heavy atom. The third kappa shape index (κ3) is 3.34. The molecule has 0 saturated carbocycles.